The first-order chi connectivity index (χ1) is 10.5. The maximum absolute atomic E-state index is 12.4. The first-order valence-electron chi connectivity index (χ1n) is 7.89. The molecule has 1 aliphatic heterocycles. The summed E-state index contributed by atoms with van der Waals surface area (Å²) in [6, 6.07) is 7.10. The summed E-state index contributed by atoms with van der Waals surface area (Å²) in [7, 11) is 0. The molecule has 2 N–H and O–H groups in total. The second-order valence-corrected chi connectivity index (χ2v) is 6.29. The third-order valence-electron chi connectivity index (χ3n) is 3.77. The van der Waals surface area contributed by atoms with Crippen molar-refractivity contribution < 1.29 is 9.59 Å². The topological polar surface area (TPSA) is 61.4 Å². The van der Waals surface area contributed by atoms with Crippen molar-refractivity contribution in [3.05, 3.63) is 29.8 Å². The molecule has 1 saturated heterocycles. The third-order valence-corrected chi connectivity index (χ3v) is 3.77. The molecule has 1 fully saturated rings. The molecule has 0 spiro atoms. The minimum atomic E-state index is -0.358. The van der Waals surface area contributed by atoms with E-state index in [0.717, 1.165) is 24.1 Å². The van der Waals surface area contributed by atoms with Gasteiger partial charge >= 0.3 is 6.03 Å². The molecule has 0 bridgehead atoms. The number of likely N-dealkylation sites (tertiary alicyclic amines) is 1. The molecular formula is C17H25N3O2. The molecule has 0 aliphatic carbocycles. The summed E-state index contributed by atoms with van der Waals surface area (Å²) >= 11 is 0. The molecule has 5 heteroatoms. The Labute approximate surface area is 132 Å². The number of nitrogens with one attached hydrogen (secondary N) is 2. The van der Waals surface area contributed by atoms with Crippen LogP contribution < -0.4 is 10.6 Å². The zero-order valence-corrected chi connectivity index (χ0v) is 13.6. The van der Waals surface area contributed by atoms with Gasteiger partial charge in [0.15, 0.2) is 0 Å². The smallest absolute Gasteiger partial charge is 0.322 e. The molecule has 0 saturated carbocycles. The highest BCUT2D eigenvalue weighted by Crippen LogP contribution is 2.19. The fraction of sp³-hybridized carbons (Fsp3) is 0.529. The predicted octanol–water partition coefficient (Wildman–Crippen LogP) is 2.76. The summed E-state index contributed by atoms with van der Waals surface area (Å²) < 4.78 is 0. The van der Waals surface area contributed by atoms with Crippen LogP contribution in [0.5, 0.6) is 0 Å². The Balaban J connectivity index is 1.97. The number of rotatable bonds is 4. The second kappa shape index (κ2) is 7.29. The number of nitrogens with zero attached hydrogens (tertiary/aromatic N) is 1. The van der Waals surface area contributed by atoms with E-state index in [9.17, 15) is 9.59 Å². The van der Waals surface area contributed by atoms with Gasteiger partial charge in [0.05, 0.1) is 0 Å². The first-order valence-corrected chi connectivity index (χ1v) is 7.89. The number of hydrogen-bond donors (Lipinski definition) is 2. The van der Waals surface area contributed by atoms with Crippen molar-refractivity contribution in [1.29, 1.82) is 0 Å². The molecule has 0 radical (unpaired) electrons. The van der Waals surface area contributed by atoms with Gasteiger partial charge in [0, 0.05) is 18.8 Å². The highest BCUT2D eigenvalue weighted by molar-refractivity contribution is 5.94. The van der Waals surface area contributed by atoms with Crippen molar-refractivity contribution in [1.82, 2.24) is 10.2 Å². The van der Waals surface area contributed by atoms with Gasteiger partial charge in [0.25, 0.3) is 0 Å². The van der Waals surface area contributed by atoms with Crippen LogP contribution in [0.4, 0.5) is 10.5 Å². The number of carbonyl (C=O) groups excluding carboxylic acids is 2. The van der Waals surface area contributed by atoms with E-state index in [1.54, 1.807) is 4.90 Å². The lowest BCUT2D eigenvalue weighted by molar-refractivity contribution is -0.124. The van der Waals surface area contributed by atoms with Gasteiger partial charge in [-0.2, -0.15) is 0 Å². The largest absolute Gasteiger partial charge is 0.354 e. The number of urea groups is 1. The number of carbonyl (C=O) groups is 2. The van der Waals surface area contributed by atoms with Gasteiger partial charge in [0.2, 0.25) is 5.91 Å². The monoisotopic (exact) mass is 303 g/mol. The van der Waals surface area contributed by atoms with E-state index in [0.29, 0.717) is 19.0 Å². The van der Waals surface area contributed by atoms with Gasteiger partial charge in [-0.3, -0.25) is 4.79 Å². The normalized spacial score (nSPS) is 17.6. The van der Waals surface area contributed by atoms with Crippen LogP contribution in [0.1, 0.15) is 32.3 Å². The zero-order chi connectivity index (χ0) is 16.1. The zero-order valence-electron chi connectivity index (χ0n) is 13.6. The Kier molecular flexibility index (Phi) is 5.41. The van der Waals surface area contributed by atoms with Crippen molar-refractivity contribution >= 4 is 17.6 Å². The molecule has 1 atom stereocenters. The summed E-state index contributed by atoms with van der Waals surface area (Å²) in [5.74, 6) is 0.352. The van der Waals surface area contributed by atoms with E-state index >= 15 is 0 Å². The van der Waals surface area contributed by atoms with Crippen LogP contribution in [0, 0.1) is 12.8 Å². The fourth-order valence-corrected chi connectivity index (χ4v) is 2.62. The molecule has 1 aliphatic rings. The van der Waals surface area contributed by atoms with Crippen molar-refractivity contribution in [3.63, 3.8) is 0 Å². The Morgan fingerprint density at radius 2 is 2.14 bits per heavy atom. The minimum Gasteiger partial charge on any atom is -0.354 e. The van der Waals surface area contributed by atoms with Crippen LogP contribution in [0.3, 0.4) is 0 Å². The SMILES string of the molecule is Cc1cccc(NC(=O)N2CCC[C@H]2C(=O)NCC(C)C)c1. The van der Waals surface area contributed by atoms with Crippen LogP contribution >= 0.6 is 0 Å². The maximum atomic E-state index is 12.4. The molecule has 5 nitrogen and oxygen atoms in total. The number of aryl methyl sites for hydroxylation is 1. The van der Waals surface area contributed by atoms with Crippen LogP contribution in [0.15, 0.2) is 24.3 Å². The average molecular weight is 303 g/mol. The quantitative estimate of drug-likeness (QED) is 0.898. The van der Waals surface area contributed by atoms with E-state index in [4.69, 9.17) is 0 Å². The van der Waals surface area contributed by atoms with E-state index < -0.39 is 0 Å². The van der Waals surface area contributed by atoms with Gasteiger partial charge in [0.1, 0.15) is 6.04 Å². The summed E-state index contributed by atoms with van der Waals surface area (Å²) in [5.41, 5.74) is 1.85. The molecule has 1 heterocycles. The summed E-state index contributed by atoms with van der Waals surface area (Å²) in [4.78, 5) is 26.3. The molecule has 22 heavy (non-hydrogen) atoms. The fourth-order valence-electron chi connectivity index (χ4n) is 2.62. The lowest BCUT2D eigenvalue weighted by atomic mass is 10.2. The molecule has 0 unspecified atom stereocenters. The third kappa shape index (κ3) is 4.23. The van der Waals surface area contributed by atoms with Gasteiger partial charge < -0.3 is 15.5 Å². The van der Waals surface area contributed by atoms with Gasteiger partial charge in [-0.25, -0.2) is 4.79 Å². The summed E-state index contributed by atoms with van der Waals surface area (Å²) in [6.45, 7) is 7.35. The highest BCUT2D eigenvalue weighted by atomic mass is 16.2. The Hall–Kier alpha value is -2.04. The molecule has 1 aromatic rings. The van der Waals surface area contributed by atoms with Gasteiger partial charge in [-0.15, -0.1) is 0 Å². The minimum absolute atomic E-state index is 0.0504. The number of benzene rings is 1. The van der Waals surface area contributed by atoms with E-state index in [1.807, 2.05) is 31.2 Å². The Bertz CT molecular complexity index is 542. The molecule has 1 aromatic carbocycles. The Morgan fingerprint density at radius 3 is 2.82 bits per heavy atom. The number of anilines is 1. The molecule has 120 valence electrons. The van der Waals surface area contributed by atoms with Crippen LogP contribution in [0.25, 0.3) is 0 Å². The van der Waals surface area contributed by atoms with Crippen LogP contribution in [-0.2, 0) is 4.79 Å². The molecule has 0 aromatic heterocycles. The number of hydrogen-bond acceptors (Lipinski definition) is 2. The van der Waals surface area contributed by atoms with Gasteiger partial charge in [-0.05, 0) is 43.4 Å². The maximum Gasteiger partial charge on any atom is 0.322 e. The summed E-state index contributed by atoms with van der Waals surface area (Å²) in [6.07, 6.45) is 1.59. The van der Waals surface area contributed by atoms with Crippen molar-refractivity contribution in [2.75, 3.05) is 18.4 Å². The van der Waals surface area contributed by atoms with Crippen LogP contribution in [0.2, 0.25) is 0 Å². The van der Waals surface area contributed by atoms with Crippen molar-refractivity contribution in [3.8, 4) is 0 Å². The lowest BCUT2D eigenvalue weighted by Crippen LogP contribution is -2.48. The van der Waals surface area contributed by atoms with E-state index in [2.05, 4.69) is 24.5 Å². The predicted molar refractivity (Wildman–Crippen MR) is 87.8 cm³/mol. The van der Waals surface area contributed by atoms with Crippen LogP contribution in [-0.4, -0.2) is 36.0 Å². The van der Waals surface area contributed by atoms with E-state index in [1.165, 1.54) is 0 Å². The molecule has 3 amide bonds. The highest BCUT2D eigenvalue weighted by Gasteiger charge is 2.34. The first kappa shape index (κ1) is 16.3. The standard InChI is InChI=1S/C17H25N3O2/c1-12(2)11-18-16(21)15-8-5-9-20(15)17(22)19-14-7-4-6-13(3)10-14/h4,6-7,10,12,15H,5,8-9,11H2,1-3H3,(H,18,21)(H,19,22)/t15-/m0/s1. The second-order valence-electron chi connectivity index (χ2n) is 6.29. The average Bonchev–Trinajstić information content (AvgIpc) is 2.94. The van der Waals surface area contributed by atoms with Gasteiger partial charge in [-0.1, -0.05) is 26.0 Å². The van der Waals surface area contributed by atoms with Crippen molar-refractivity contribution in [2.24, 2.45) is 5.92 Å². The summed E-state index contributed by atoms with van der Waals surface area (Å²) in [5, 5.41) is 5.80. The lowest BCUT2D eigenvalue weighted by Gasteiger charge is -2.24. The van der Waals surface area contributed by atoms with Crippen molar-refractivity contribution in [2.45, 2.75) is 39.7 Å². The molecule has 2 rings (SSSR count). The Morgan fingerprint density at radius 1 is 1.36 bits per heavy atom. The molecular weight excluding hydrogens is 278 g/mol. The van der Waals surface area contributed by atoms with E-state index in [-0.39, 0.29) is 18.0 Å². The number of amides is 3.